The molecule has 0 fully saturated rings. The molecule has 3 aromatic rings. The highest BCUT2D eigenvalue weighted by Crippen LogP contribution is 2.28. The Balaban J connectivity index is 1.83. The van der Waals surface area contributed by atoms with Gasteiger partial charge in [-0.1, -0.05) is 23.7 Å². The second-order valence-electron chi connectivity index (χ2n) is 4.37. The standard InChI is InChI=1S/C16H13ClN4/c17-13-8-7-12(20-15-5-1-3-9-18-15)11-14(13)21-16-6-2-4-10-19-16/h1-11H,(H,18,20)(H,19,21). The zero-order valence-electron chi connectivity index (χ0n) is 11.1. The van der Waals surface area contributed by atoms with Crippen LogP contribution >= 0.6 is 11.6 Å². The quantitative estimate of drug-likeness (QED) is 0.738. The third kappa shape index (κ3) is 3.49. The maximum Gasteiger partial charge on any atom is 0.130 e. The Labute approximate surface area is 127 Å². The van der Waals surface area contributed by atoms with Crippen molar-refractivity contribution in [3.05, 3.63) is 72.0 Å². The van der Waals surface area contributed by atoms with Gasteiger partial charge in [0.15, 0.2) is 0 Å². The molecule has 0 amide bonds. The van der Waals surface area contributed by atoms with E-state index in [0.717, 1.165) is 23.0 Å². The van der Waals surface area contributed by atoms with Gasteiger partial charge < -0.3 is 10.6 Å². The number of anilines is 4. The first-order chi connectivity index (χ1) is 10.3. The number of halogens is 1. The van der Waals surface area contributed by atoms with E-state index in [-0.39, 0.29) is 0 Å². The number of pyridine rings is 2. The van der Waals surface area contributed by atoms with E-state index in [1.165, 1.54) is 0 Å². The largest absolute Gasteiger partial charge is 0.340 e. The third-order valence-electron chi connectivity index (χ3n) is 2.83. The van der Waals surface area contributed by atoms with Gasteiger partial charge in [-0.3, -0.25) is 0 Å². The molecule has 104 valence electrons. The predicted molar refractivity (Wildman–Crippen MR) is 86.5 cm³/mol. The van der Waals surface area contributed by atoms with Crippen LogP contribution < -0.4 is 10.6 Å². The predicted octanol–water partition coefficient (Wildman–Crippen LogP) is 4.62. The van der Waals surface area contributed by atoms with E-state index in [1.807, 2.05) is 54.6 Å². The Morgan fingerprint density at radius 3 is 2.05 bits per heavy atom. The van der Waals surface area contributed by atoms with Crippen molar-refractivity contribution >= 4 is 34.6 Å². The van der Waals surface area contributed by atoms with Crippen molar-refractivity contribution < 1.29 is 0 Å². The molecule has 0 atom stereocenters. The van der Waals surface area contributed by atoms with E-state index >= 15 is 0 Å². The summed E-state index contributed by atoms with van der Waals surface area (Å²) < 4.78 is 0. The Bertz CT molecular complexity index is 717. The average molecular weight is 297 g/mol. The topological polar surface area (TPSA) is 49.8 Å². The van der Waals surface area contributed by atoms with Crippen LogP contribution in [0.3, 0.4) is 0 Å². The molecule has 2 heterocycles. The molecule has 0 aliphatic carbocycles. The van der Waals surface area contributed by atoms with Crippen molar-refractivity contribution in [1.82, 2.24) is 9.97 Å². The zero-order valence-corrected chi connectivity index (χ0v) is 11.9. The van der Waals surface area contributed by atoms with E-state index in [1.54, 1.807) is 12.4 Å². The summed E-state index contributed by atoms with van der Waals surface area (Å²) in [5.41, 5.74) is 1.69. The fraction of sp³-hybridized carbons (Fsp3) is 0. The zero-order chi connectivity index (χ0) is 14.5. The third-order valence-corrected chi connectivity index (χ3v) is 3.16. The molecule has 1 aromatic carbocycles. The van der Waals surface area contributed by atoms with E-state index in [9.17, 15) is 0 Å². The molecule has 0 radical (unpaired) electrons. The van der Waals surface area contributed by atoms with Gasteiger partial charge in [0.2, 0.25) is 0 Å². The Morgan fingerprint density at radius 2 is 1.43 bits per heavy atom. The fourth-order valence-corrected chi connectivity index (χ4v) is 2.02. The molecule has 0 saturated carbocycles. The highest BCUT2D eigenvalue weighted by Gasteiger charge is 2.04. The molecule has 0 bridgehead atoms. The van der Waals surface area contributed by atoms with Crippen molar-refractivity contribution in [2.24, 2.45) is 0 Å². The summed E-state index contributed by atoms with van der Waals surface area (Å²) in [6, 6.07) is 17.0. The lowest BCUT2D eigenvalue weighted by atomic mass is 10.2. The lowest BCUT2D eigenvalue weighted by molar-refractivity contribution is 1.30. The molecular formula is C16H13ClN4. The summed E-state index contributed by atoms with van der Waals surface area (Å²) in [7, 11) is 0. The number of benzene rings is 1. The van der Waals surface area contributed by atoms with Gasteiger partial charge in [-0.25, -0.2) is 9.97 Å². The van der Waals surface area contributed by atoms with Crippen molar-refractivity contribution in [2.75, 3.05) is 10.6 Å². The van der Waals surface area contributed by atoms with E-state index in [4.69, 9.17) is 11.6 Å². The second kappa shape index (κ2) is 6.24. The first kappa shape index (κ1) is 13.4. The Hall–Kier alpha value is -2.59. The number of hydrogen-bond acceptors (Lipinski definition) is 4. The van der Waals surface area contributed by atoms with Crippen LogP contribution in [0, 0.1) is 0 Å². The van der Waals surface area contributed by atoms with Gasteiger partial charge in [-0.15, -0.1) is 0 Å². The minimum absolute atomic E-state index is 0.632. The minimum Gasteiger partial charge on any atom is -0.340 e. The lowest BCUT2D eigenvalue weighted by Crippen LogP contribution is -1.96. The van der Waals surface area contributed by atoms with Gasteiger partial charge in [0.05, 0.1) is 10.7 Å². The van der Waals surface area contributed by atoms with Gasteiger partial charge in [0.1, 0.15) is 11.6 Å². The van der Waals surface area contributed by atoms with Crippen molar-refractivity contribution in [3.8, 4) is 0 Å². The number of nitrogens with one attached hydrogen (secondary N) is 2. The first-order valence-electron chi connectivity index (χ1n) is 6.47. The smallest absolute Gasteiger partial charge is 0.130 e. The molecule has 0 spiro atoms. The van der Waals surface area contributed by atoms with Gasteiger partial charge in [0.25, 0.3) is 0 Å². The summed E-state index contributed by atoms with van der Waals surface area (Å²) in [6.07, 6.45) is 3.47. The lowest BCUT2D eigenvalue weighted by Gasteiger charge is -2.11. The Kier molecular flexibility index (Phi) is 3.98. The summed E-state index contributed by atoms with van der Waals surface area (Å²) in [5, 5.41) is 7.05. The van der Waals surface area contributed by atoms with E-state index < -0.39 is 0 Å². The first-order valence-corrected chi connectivity index (χ1v) is 6.85. The monoisotopic (exact) mass is 296 g/mol. The summed E-state index contributed by atoms with van der Waals surface area (Å²) in [4.78, 5) is 8.46. The molecular weight excluding hydrogens is 284 g/mol. The SMILES string of the molecule is Clc1ccc(Nc2ccccn2)cc1Nc1ccccn1. The molecule has 2 N–H and O–H groups in total. The molecule has 0 saturated heterocycles. The second-order valence-corrected chi connectivity index (χ2v) is 4.78. The highest BCUT2D eigenvalue weighted by atomic mass is 35.5. The molecule has 4 nitrogen and oxygen atoms in total. The van der Waals surface area contributed by atoms with Crippen molar-refractivity contribution in [2.45, 2.75) is 0 Å². The normalized spacial score (nSPS) is 10.1. The molecule has 21 heavy (non-hydrogen) atoms. The summed E-state index contributed by atoms with van der Waals surface area (Å²) >= 11 is 6.22. The van der Waals surface area contributed by atoms with Gasteiger partial charge in [-0.05, 0) is 42.5 Å². The minimum atomic E-state index is 0.632. The van der Waals surface area contributed by atoms with Gasteiger partial charge in [-0.2, -0.15) is 0 Å². The molecule has 5 heteroatoms. The number of rotatable bonds is 4. The molecule has 3 rings (SSSR count). The van der Waals surface area contributed by atoms with Crippen LogP contribution in [-0.4, -0.2) is 9.97 Å². The van der Waals surface area contributed by atoms with Crippen molar-refractivity contribution in [1.29, 1.82) is 0 Å². The maximum absolute atomic E-state index is 6.22. The van der Waals surface area contributed by atoms with Crippen LogP contribution in [-0.2, 0) is 0 Å². The number of nitrogens with zero attached hydrogens (tertiary/aromatic N) is 2. The van der Waals surface area contributed by atoms with Crippen LogP contribution in [0.1, 0.15) is 0 Å². The van der Waals surface area contributed by atoms with Gasteiger partial charge in [0, 0.05) is 18.1 Å². The number of hydrogen-bond donors (Lipinski definition) is 2. The van der Waals surface area contributed by atoms with E-state index in [2.05, 4.69) is 20.6 Å². The summed E-state index contributed by atoms with van der Waals surface area (Å²) in [5.74, 6) is 1.53. The van der Waals surface area contributed by atoms with Crippen LogP contribution in [0.2, 0.25) is 5.02 Å². The van der Waals surface area contributed by atoms with Crippen LogP contribution in [0.25, 0.3) is 0 Å². The van der Waals surface area contributed by atoms with E-state index in [0.29, 0.717) is 5.02 Å². The van der Waals surface area contributed by atoms with Crippen LogP contribution in [0.15, 0.2) is 67.0 Å². The molecule has 0 aliphatic heterocycles. The number of aromatic nitrogens is 2. The fourth-order valence-electron chi connectivity index (χ4n) is 1.86. The van der Waals surface area contributed by atoms with Gasteiger partial charge >= 0.3 is 0 Å². The van der Waals surface area contributed by atoms with Crippen LogP contribution in [0.4, 0.5) is 23.0 Å². The average Bonchev–Trinajstić information content (AvgIpc) is 2.53. The highest BCUT2D eigenvalue weighted by molar-refractivity contribution is 6.33. The van der Waals surface area contributed by atoms with Crippen LogP contribution in [0.5, 0.6) is 0 Å². The molecule has 2 aromatic heterocycles. The maximum atomic E-state index is 6.22. The Morgan fingerprint density at radius 1 is 0.762 bits per heavy atom. The molecule has 0 unspecified atom stereocenters. The van der Waals surface area contributed by atoms with Crippen molar-refractivity contribution in [3.63, 3.8) is 0 Å². The molecule has 0 aliphatic rings. The summed E-state index contributed by atoms with van der Waals surface area (Å²) in [6.45, 7) is 0.